The van der Waals surface area contributed by atoms with Crippen LogP contribution in [-0.4, -0.2) is 28.4 Å². The summed E-state index contributed by atoms with van der Waals surface area (Å²) in [4.78, 5) is 15.7. The molecule has 0 spiro atoms. The number of thioether (sulfide) groups is 1. The van der Waals surface area contributed by atoms with Crippen molar-refractivity contribution in [3.8, 4) is 10.6 Å². The van der Waals surface area contributed by atoms with Crippen molar-refractivity contribution in [2.45, 2.75) is 17.9 Å². The molecular formula is C19H17N3OS2. The second-order valence-corrected chi connectivity index (χ2v) is 7.74. The van der Waals surface area contributed by atoms with Crippen molar-refractivity contribution in [3.63, 3.8) is 0 Å². The lowest BCUT2D eigenvalue weighted by Gasteiger charge is -2.29. The van der Waals surface area contributed by atoms with Crippen LogP contribution in [0.25, 0.3) is 10.6 Å². The van der Waals surface area contributed by atoms with Crippen LogP contribution < -0.4 is 4.90 Å². The molecule has 4 rings (SSSR count). The third kappa shape index (κ3) is 3.60. The van der Waals surface area contributed by atoms with Crippen molar-refractivity contribution in [2.24, 2.45) is 0 Å². The Morgan fingerprint density at radius 3 is 2.84 bits per heavy atom. The van der Waals surface area contributed by atoms with Crippen molar-refractivity contribution >= 4 is 34.7 Å². The van der Waals surface area contributed by atoms with E-state index in [2.05, 4.69) is 16.3 Å². The molecule has 126 valence electrons. The van der Waals surface area contributed by atoms with E-state index >= 15 is 0 Å². The van der Waals surface area contributed by atoms with Crippen LogP contribution in [0, 0.1) is 0 Å². The minimum absolute atomic E-state index is 0.126. The van der Waals surface area contributed by atoms with Gasteiger partial charge in [-0.2, -0.15) is 0 Å². The molecule has 0 unspecified atom stereocenters. The highest BCUT2D eigenvalue weighted by Crippen LogP contribution is 2.28. The molecule has 0 saturated carbocycles. The van der Waals surface area contributed by atoms with Gasteiger partial charge in [0.1, 0.15) is 10.7 Å². The minimum atomic E-state index is 0.126. The number of carbonyl (C=O) groups is 1. The summed E-state index contributed by atoms with van der Waals surface area (Å²) in [7, 11) is 0. The first-order valence-electron chi connectivity index (χ1n) is 8.20. The van der Waals surface area contributed by atoms with E-state index in [1.165, 1.54) is 17.3 Å². The molecule has 0 bridgehead atoms. The van der Waals surface area contributed by atoms with Crippen LogP contribution in [0.1, 0.15) is 12.0 Å². The summed E-state index contributed by atoms with van der Waals surface area (Å²) >= 11 is 3.08. The van der Waals surface area contributed by atoms with Crippen molar-refractivity contribution < 1.29 is 4.79 Å². The summed E-state index contributed by atoms with van der Waals surface area (Å²) in [5.41, 5.74) is 3.18. The fourth-order valence-electron chi connectivity index (χ4n) is 2.96. The van der Waals surface area contributed by atoms with Gasteiger partial charge in [-0.3, -0.25) is 4.79 Å². The summed E-state index contributed by atoms with van der Waals surface area (Å²) in [5.74, 6) is 0.503. The standard InChI is InChI=1S/C19H17N3OS2/c23-19(22-11-3-6-14-5-1-2-7-16(14)22)13-25-18-10-9-15(20-21-18)17-8-4-12-24-17/h1-2,4-5,7-10,12H,3,6,11,13H2. The predicted octanol–water partition coefficient (Wildman–Crippen LogP) is 4.28. The number of nitrogens with zero attached hydrogens (tertiary/aromatic N) is 3. The number of aromatic nitrogens is 2. The molecule has 3 aromatic rings. The first-order valence-corrected chi connectivity index (χ1v) is 10.1. The van der Waals surface area contributed by atoms with Gasteiger partial charge in [0.05, 0.1) is 10.6 Å². The van der Waals surface area contributed by atoms with Crippen molar-refractivity contribution in [2.75, 3.05) is 17.2 Å². The maximum absolute atomic E-state index is 12.6. The molecule has 0 saturated heterocycles. The Kier molecular flexibility index (Phi) is 4.81. The third-order valence-corrected chi connectivity index (χ3v) is 5.97. The summed E-state index contributed by atoms with van der Waals surface area (Å²) in [6.07, 6.45) is 2.06. The second-order valence-electron chi connectivity index (χ2n) is 5.80. The van der Waals surface area contributed by atoms with E-state index in [9.17, 15) is 4.79 Å². The fraction of sp³-hybridized carbons (Fsp3) is 0.211. The van der Waals surface area contributed by atoms with E-state index in [0.29, 0.717) is 5.75 Å². The Labute approximate surface area is 154 Å². The van der Waals surface area contributed by atoms with Gasteiger partial charge in [0.15, 0.2) is 0 Å². The van der Waals surface area contributed by atoms with Gasteiger partial charge in [-0.25, -0.2) is 0 Å². The molecule has 0 atom stereocenters. The van der Waals surface area contributed by atoms with Crippen molar-refractivity contribution in [1.29, 1.82) is 0 Å². The molecule has 25 heavy (non-hydrogen) atoms. The quantitative estimate of drug-likeness (QED) is 0.646. The molecule has 0 N–H and O–H groups in total. The van der Waals surface area contributed by atoms with Gasteiger partial charge < -0.3 is 4.90 Å². The Morgan fingerprint density at radius 1 is 1.12 bits per heavy atom. The average molecular weight is 367 g/mol. The SMILES string of the molecule is O=C(CSc1ccc(-c2cccs2)nn1)N1CCCc2ccccc21. The lowest BCUT2D eigenvalue weighted by Crippen LogP contribution is -2.36. The number of rotatable bonds is 4. The number of benzene rings is 1. The Morgan fingerprint density at radius 2 is 2.04 bits per heavy atom. The van der Waals surface area contributed by atoms with Crippen molar-refractivity contribution in [3.05, 3.63) is 59.5 Å². The molecule has 1 aromatic carbocycles. The summed E-state index contributed by atoms with van der Waals surface area (Å²) in [6.45, 7) is 0.791. The van der Waals surface area contributed by atoms with E-state index in [0.717, 1.165) is 40.7 Å². The van der Waals surface area contributed by atoms with E-state index in [4.69, 9.17) is 0 Å². The van der Waals surface area contributed by atoms with Crippen LogP contribution in [0.15, 0.2) is 58.9 Å². The molecule has 2 aromatic heterocycles. The first kappa shape index (κ1) is 16.3. The number of aryl methyl sites for hydroxylation is 1. The largest absolute Gasteiger partial charge is 0.311 e. The van der Waals surface area contributed by atoms with Crippen molar-refractivity contribution in [1.82, 2.24) is 10.2 Å². The van der Waals surface area contributed by atoms with E-state index in [1.807, 2.05) is 52.7 Å². The lowest BCUT2D eigenvalue weighted by atomic mass is 10.0. The van der Waals surface area contributed by atoms with Crippen LogP contribution in [0.3, 0.4) is 0 Å². The number of para-hydroxylation sites is 1. The molecule has 1 amide bonds. The van der Waals surface area contributed by atoms with Gasteiger partial charge in [-0.05, 0) is 48.1 Å². The zero-order valence-electron chi connectivity index (χ0n) is 13.6. The van der Waals surface area contributed by atoms with Crippen LogP contribution in [0.5, 0.6) is 0 Å². The highest BCUT2D eigenvalue weighted by molar-refractivity contribution is 7.99. The maximum Gasteiger partial charge on any atom is 0.237 e. The number of anilines is 1. The van der Waals surface area contributed by atoms with E-state index < -0.39 is 0 Å². The second kappa shape index (κ2) is 7.37. The minimum Gasteiger partial charge on any atom is -0.311 e. The van der Waals surface area contributed by atoms with Gasteiger partial charge >= 0.3 is 0 Å². The topological polar surface area (TPSA) is 46.1 Å². The smallest absolute Gasteiger partial charge is 0.237 e. The Hall–Kier alpha value is -2.18. The monoisotopic (exact) mass is 367 g/mol. The van der Waals surface area contributed by atoms with Gasteiger partial charge in [0, 0.05) is 12.2 Å². The number of fused-ring (bicyclic) bond motifs is 1. The van der Waals surface area contributed by atoms with Crippen LogP contribution >= 0.6 is 23.1 Å². The Balaban J connectivity index is 1.41. The zero-order chi connectivity index (χ0) is 17.1. The molecule has 0 fully saturated rings. The predicted molar refractivity (Wildman–Crippen MR) is 103 cm³/mol. The fourth-order valence-corrected chi connectivity index (χ4v) is 4.34. The summed E-state index contributed by atoms with van der Waals surface area (Å²) < 4.78 is 0. The number of amides is 1. The molecule has 0 radical (unpaired) electrons. The molecule has 1 aliphatic rings. The van der Waals surface area contributed by atoms with Crippen LogP contribution in [0.4, 0.5) is 5.69 Å². The molecule has 0 aliphatic carbocycles. The average Bonchev–Trinajstić information content (AvgIpc) is 3.21. The van der Waals surface area contributed by atoms with Crippen LogP contribution in [0.2, 0.25) is 0 Å². The Bertz CT molecular complexity index is 863. The summed E-state index contributed by atoms with van der Waals surface area (Å²) in [5, 5.41) is 11.3. The van der Waals surface area contributed by atoms with Gasteiger partial charge in [-0.1, -0.05) is 36.0 Å². The number of hydrogen-bond acceptors (Lipinski definition) is 5. The third-order valence-electron chi connectivity index (χ3n) is 4.17. The van der Waals surface area contributed by atoms with Gasteiger partial charge in [0.25, 0.3) is 0 Å². The van der Waals surface area contributed by atoms with E-state index in [-0.39, 0.29) is 5.91 Å². The molecule has 6 heteroatoms. The van der Waals surface area contributed by atoms with Gasteiger partial charge in [0.2, 0.25) is 5.91 Å². The van der Waals surface area contributed by atoms with Crippen LogP contribution in [-0.2, 0) is 11.2 Å². The lowest BCUT2D eigenvalue weighted by molar-refractivity contribution is -0.116. The molecule has 1 aliphatic heterocycles. The first-order chi connectivity index (χ1) is 12.3. The molecular weight excluding hydrogens is 350 g/mol. The molecule has 4 nitrogen and oxygen atoms in total. The number of thiophene rings is 1. The number of hydrogen-bond donors (Lipinski definition) is 0. The highest BCUT2D eigenvalue weighted by Gasteiger charge is 2.22. The highest BCUT2D eigenvalue weighted by atomic mass is 32.2. The van der Waals surface area contributed by atoms with E-state index in [1.54, 1.807) is 11.3 Å². The summed E-state index contributed by atoms with van der Waals surface area (Å²) in [6, 6.07) is 16.1. The maximum atomic E-state index is 12.6. The zero-order valence-corrected chi connectivity index (χ0v) is 15.2. The number of carbonyl (C=O) groups excluding carboxylic acids is 1. The molecule has 3 heterocycles. The van der Waals surface area contributed by atoms with Gasteiger partial charge in [-0.15, -0.1) is 21.5 Å². The normalized spacial score (nSPS) is 13.5.